The molecule has 0 spiro atoms. The first-order valence-corrected chi connectivity index (χ1v) is 12.9. The molecule has 184 valence electrons. The third kappa shape index (κ3) is 6.01. The standard InChI is InChI=1S/C26H28ClN3O4S/c1-19-11-7-8-12-21(19)17-29(20(2)26(32)28-3)25(31)18-30(24-16-10-9-15-23(24)27)35(33,34)22-13-5-4-6-14-22/h4-16,20H,17-18H2,1-3H3,(H,28,32). The van der Waals surface area contributed by atoms with Crippen LogP contribution in [0.25, 0.3) is 0 Å². The monoisotopic (exact) mass is 513 g/mol. The van der Waals surface area contributed by atoms with Crippen molar-refractivity contribution in [3.8, 4) is 0 Å². The van der Waals surface area contributed by atoms with Crippen LogP contribution in [0.1, 0.15) is 18.1 Å². The molecule has 0 aliphatic rings. The molecule has 0 radical (unpaired) electrons. The van der Waals surface area contributed by atoms with Crippen molar-refractivity contribution < 1.29 is 18.0 Å². The molecule has 0 aliphatic heterocycles. The molecule has 0 bridgehead atoms. The van der Waals surface area contributed by atoms with Crippen LogP contribution in [0.3, 0.4) is 0 Å². The summed E-state index contributed by atoms with van der Waals surface area (Å²) in [7, 11) is -2.65. The number of amides is 2. The van der Waals surface area contributed by atoms with Crippen LogP contribution in [0.5, 0.6) is 0 Å². The Kier molecular flexibility index (Phi) is 8.53. The normalized spacial score (nSPS) is 12.0. The largest absolute Gasteiger partial charge is 0.357 e. The fraction of sp³-hybridized carbons (Fsp3) is 0.231. The van der Waals surface area contributed by atoms with Crippen LogP contribution in [0.4, 0.5) is 5.69 Å². The van der Waals surface area contributed by atoms with Gasteiger partial charge in [-0.1, -0.05) is 66.2 Å². The van der Waals surface area contributed by atoms with Gasteiger partial charge in [-0.3, -0.25) is 13.9 Å². The van der Waals surface area contributed by atoms with Crippen LogP contribution in [0, 0.1) is 6.92 Å². The van der Waals surface area contributed by atoms with E-state index in [9.17, 15) is 18.0 Å². The van der Waals surface area contributed by atoms with Gasteiger partial charge in [0.15, 0.2) is 0 Å². The minimum atomic E-state index is -4.14. The lowest BCUT2D eigenvalue weighted by Crippen LogP contribution is -2.50. The number of hydrogen-bond acceptors (Lipinski definition) is 4. The van der Waals surface area contributed by atoms with E-state index in [0.29, 0.717) is 0 Å². The van der Waals surface area contributed by atoms with E-state index in [-0.39, 0.29) is 28.1 Å². The molecule has 35 heavy (non-hydrogen) atoms. The highest BCUT2D eigenvalue weighted by Gasteiger charge is 2.33. The van der Waals surface area contributed by atoms with E-state index >= 15 is 0 Å². The molecule has 3 aromatic carbocycles. The molecular weight excluding hydrogens is 486 g/mol. The van der Waals surface area contributed by atoms with Crippen molar-refractivity contribution in [1.82, 2.24) is 10.2 Å². The fourth-order valence-corrected chi connectivity index (χ4v) is 5.39. The maximum absolute atomic E-state index is 13.7. The average Bonchev–Trinajstić information content (AvgIpc) is 2.86. The first kappa shape index (κ1) is 26.2. The lowest BCUT2D eigenvalue weighted by molar-refractivity contribution is -0.139. The first-order valence-electron chi connectivity index (χ1n) is 11.0. The Labute approximate surface area is 211 Å². The summed E-state index contributed by atoms with van der Waals surface area (Å²) in [6, 6.07) is 21.0. The molecule has 7 nitrogen and oxygen atoms in total. The van der Waals surface area contributed by atoms with Crippen LogP contribution >= 0.6 is 11.6 Å². The number of hydrogen-bond donors (Lipinski definition) is 1. The van der Waals surface area contributed by atoms with E-state index in [4.69, 9.17) is 11.6 Å². The quantitative estimate of drug-likeness (QED) is 0.468. The van der Waals surface area contributed by atoms with Gasteiger partial charge in [0.1, 0.15) is 12.6 Å². The zero-order chi connectivity index (χ0) is 25.6. The molecule has 1 atom stereocenters. The molecular formula is C26H28ClN3O4S. The number of carbonyl (C=O) groups excluding carboxylic acids is 2. The Morgan fingerprint density at radius 2 is 1.54 bits per heavy atom. The smallest absolute Gasteiger partial charge is 0.264 e. The van der Waals surface area contributed by atoms with Crippen molar-refractivity contribution in [2.24, 2.45) is 0 Å². The van der Waals surface area contributed by atoms with Crippen molar-refractivity contribution >= 4 is 39.1 Å². The lowest BCUT2D eigenvalue weighted by Gasteiger charge is -2.32. The number of benzene rings is 3. The minimum Gasteiger partial charge on any atom is -0.357 e. The Morgan fingerprint density at radius 3 is 2.17 bits per heavy atom. The number of nitrogens with one attached hydrogen (secondary N) is 1. The van der Waals surface area contributed by atoms with E-state index in [1.807, 2.05) is 31.2 Å². The number of halogens is 1. The van der Waals surface area contributed by atoms with Gasteiger partial charge in [-0.05, 0) is 49.2 Å². The van der Waals surface area contributed by atoms with Gasteiger partial charge in [0.05, 0.1) is 15.6 Å². The number of rotatable bonds is 9. The van der Waals surface area contributed by atoms with Crippen molar-refractivity contribution in [1.29, 1.82) is 0 Å². The number of likely N-dealkylation sites (N-methyl/N-ethyl adjacent to an activating group) is 1. The molecule has 0 aromatic heterocycles. The van der Waals surface area contributed by atoms with Crippen LogP contribution in [-0.2, 0) is 26.2 Å². The molecule has 0 saturated carbocycles. The molecule has 2 amide bonds. The van der Waals surface area contributed by atoms with Crippen molar-refractivity contribution in [3.63, 3.8) is 0 Å². The van der Waals surface area contributed by atoms with Gasteiger partial charge in [-0.15, -0.1) is 0 Å². The van der Waals surface area contributed by atoms with Crippen LogP contribution in [0.2, 0.25) is 5.02 Å². The predicted octanol–water partition coefficient (Wildman–Crippen LogP) is 4.01. The maximum atomic E-state index is 13.7. The second-order valence-electron chi connectivity index (χ2n) is 8.01. The molecule has 0 aliphatic carbocycles. The number of anilines is 1. The summed E-state index contributed by atoms with van der Waals surface area (Å²) < 4.78 is 28.3. The van der Waals surface area contributed by atoms with E-state index in [1.54, 1.807) is 49.4 Å². The number of aryl methyl sites for hydroxylation is 1. The maximum Gasteiger partial charge on any atom is 0.264 e. The molecule has 0 heterocycles. The van der Waals surface area contributed by atoms with Crippen molar-refractivity contribution in [2.45, 2.75) is 31.3 Å². The van der Waals surface area contributed by atoms with Gasteiger partial charge in [-0.25, -0.2) is 8.42 Å². The third-order valence-electron chi connectivity index (χ3n) is 5.75. The molecule has 0 saturated heterocycles. The summed E-state index contributed by atoms with van der Waals surface area (Å²) in [5.41, 5.74) is 1.98. The predicted molar refractivity (Wildman–Crippen MR) is 138 cm³/mol. The van der Waals surface area contributed by atoms with Gasteiger partial charge in [0, 0.05) is 13.6 Å². The topological polar surface area (TPSA) is 86.8 Å². The Balaban J connectivity index is 2.05. The Bertz CT molecular complexity index is 1300. The van der Waals surface area contributed by atoms with Crippen LogP contribution in [-0.4, -0.2) is 44.8 Å². The number of sulfonamides is 1. The Morgan fingerprint density at radius 1 is 0.943 bits per heavy atom. The minimum absolute atomic E-state index is 0.0255. The van der Waals surface area contributed by atoms with E-state index < -0.39 is 28.5 Å². The van der Waals surface area contributed by atoms with Gasteiger partial charge in [0.2, 0.25) is 11.8 Å². The molecule has 1 unspecified atom stereocenters. The zero-order valence-electron chi connectivity index (χ0n) is 19.8. The molecule has 3 rings (SSSR count). The highest BCUT2D eigenvalue weighted by molar-refractivity contribution is 7.92. The first-order chi connectivity index (χ1) is 16.7. The fourth-order valence-electron chi connectivity index (χ4n) is 3.65. The number of para-hydroxylation sites is 1. The summed E-state index contributed by atoms with van der Waals surface area (Å²) >= 11 is 6.37. The summed E-state index contributed by atoms with van der Waals surface area (Å²) in [6.45, 7) is 3.13. The average molecular weight is 514 g/mol. The summed E-state index contributed by atoms with van der Waals surface area (Å²) in [5.74, 6) is -0.897. The van der Waals surface area contributed by atoms with Gasteiger partial charge >= 0.3 is 0 Å². The van der Waals surface area contributed by atoms with Gasteiger partial charge in [0.25, 0.3) is 10.0 Å². The molecule has 3 aromatic rings. The summed E-state index contributed by atoms with van der Waals surface area (Å²) in [4.78, 5) is 27.6. The van der Waals surface area contributed by atoms with Crippen molar-refractivity contribution in [2.75, 3.05) is 17.9 Å². The Hall–Kier alpha value is -3.36. The van der Waals surface area contributed by atoms with Crippen LogP contribution < -0.4 is 9.62 Å². The third-order valence-corrected chi connectivity index (χ3v) is 7.84. The van der Waals surface area contributed by atoms with Crippen molar-refractivity contribution in [3.05, 3.63) is 95.0 Å². The zero-order valence-corrected chi connectivity index (χ0v) is 21.4. The number of nitrogens with zero attached hydrogens (tertiary/aromatic N) is 2. The number of carbonyl (C=O) groups is 2. The summed E-state index contributed by atoms with van der Waals surface area (Å²) in [6.07, 6.45) is 0. The van der Waals surface area contributed by atoms with E-state index in [2.05, 4.69) is 5.32 Å². The van der Waals surface area contributed by atoms with Gasteiger partial charge in [-0.2, -0.15) is 0 Å². The SMILES string of the molecule is CNC(=O)C(C)N(Cc1ccccc1C)C(=O)CN(c1ccccc1Cl)S(=O)(=O)c1ccccc1. The second-order valence-corrected chi connectivity index (χ2v) is 10.3. The molecule has 1 N–H and O–H groups in total. The van der Waals surface area contributed by atoms with E-state index in [0.717, 1.165) is 15.4 Å². The highest BCUT2D eigenvalue weighted by atomic mass is 35.5. The molecule has 9 heteroatoms. The highest BCUT2D eigenvalue weighted by Crippen LogP contribution is 2.30. The second kappa shape index (κ2) is 11.4. The van der Waals surface area contributed by atoms with Gasteiger partial charge < -0.3 is 10.2 Å². The molecule has 0 fully saturated rings. The lowest BCUT2D eigenvalue weighted by atomic mass is 10.1. The summed E-state index contributed by atoms with van der Waals surface area (Å²) in [5, 5.41) is 2.75. The van der Waals surface area contributed by atoms with E-state index in [1.165, 1.54) is 24.1 Å². The van der Waals surface area contributed by atoms with Crippen LogP contribution in [0.15, 0.2) is 83.8 Å².